The largest absolute Gasteiger partial charge is 0.389 e. The molecule has 0 bridgehead atoms. The third-order valence-electron chi connectivity index (χ3n) is 3.57. The lowest BCUT2D eigenvalue weighted by molar-refractivity contribution is 0.509. The molecule has 0 spiro atoms. The molecule has 100 valence electrons. The zero-order valence-corrected chi connectivity index (χ0v) is 11.1. The summed E-state index contributed by atoms with van der Waals surface area (Å²) in [6, 6.07) is 3.78. The molecule has 0 radical (unpaired) electrons. The molecule has 0 amide bonds. The first kappa shape index (κ1) is 12.5. The van der Waals surface area contributed by atoms with Crippen LogP contribution in [0.1, 0.15) is 36.6 Å². The van der Waals surface area contributed by atoms with Gasteiger partial charge in [-0.25, -0.2) is 13.8 Å². The van der Waals surface area contributed by atoms with Crippen molar-refractivity contribution in [2.45, 2.75) is 31.6 Å². The van der Waals surface area contributed by atoms with E-state index in [-0.39, 0.29) is 0 Å². The van der Waals surface area contributed by atoms with E-state index in [0.29, 0.717) is 22.2 Å². The Kier molecular flexibility index (Phi) is 3.22. The van der Waals surface area contributed by atoms with Crippen molar-refractivity contribution in [1.82, 2.24) is 4.98 Å². The Morgan fingerprint density at radius 1 is 1.16 bits per heavy atom. The summed E-state index contributed by atoms with van der Waals surface area (Å²) in [5, 5.41) is 1.60. The Morgan fingerprint density at radius 2 is 1.89 bits per heavy atom. The second kappa shape index (κ2) is 4.89. The van der Waals surface area contributed by atoms with Crippen LogP contribution in [0.15, 0.2) is 18.2 Å². The number of thiazole rings is 1. The maximum Gasteiger partial charge on any atom is 0.159 e. The van der Waals surface area contributed by atoms with Crippen LogP contribution in [-0.2, 0) is 0 Å². The van der Waals surface area contributed by atoms with Gasteiger partial charge in [0.2, 0.25) is 0 Å². The topological polar surface area (TPSA) is 38.9 Å². The highest BCUT2D eigenvalue weighted by Crippen LogP contribution is 2.40. The van der Waals surface area contributed by atoms with Gasteiger partial charge in [-0.05, 0) is 31.0 Å². The van der Waals surface area contributed by atoms with Gasteiger partial charge in [-0.15, -0.1) is 11.3 Å². The van der Waals surface area contributed by atoms with Gasteiger partial charge in [-0.1, -0.05) is 12.8 Å². The molecule has 5 heteroatoms. The quantitative estimate of drug-likeness (QED) is 0.889. The van der Waals surface area contributed by atoms with Crippen molar-refractivity contribution in [2.75, 3.05) is 5.73 Å². The molecule has 1 saturated carbocycles. The molecule has 1 aromatic carbocycles. The van der Waals surface area contributed by atoms with E-state index in [1.165, 1.54) is 30.2 Å². The Hall–Kier alpha value is -1.49. The van der Waals surface area contributed by atoms with Crippen LogP contribution in [0.25, 0.3) is 11.3 Å². The molecule has 1 fully saturated rings. The first-order chi connectivity index (χ1) is 9.15. The van der Waals surface area contributed by atoms with Gasteiger partial charge in [0.25, 0.3) is 0 Å². The second-order valence-electron chi connectivity index (χ2n) is 4.88. The predicted molar refractivity (Wildman–Crippen MR) is 73.1 cm³/mol. The van der Waals surface area contributed by atoms with E-state index in [4.69, 9.17) is 5.73 Å². The van der Waals surface area contributed by atoms with Crippen molar-refractivity contribution in [2.24, 2.45) is 0 Å². The number of hydrogen-bond donors (Lipinski definition) is 1. The van der Waals surface area contributed by atoms with Gasteiger partial charge in [0.05, 0.1) is 5.01 Å². The van der Waals surface area contributed by atoms with E-state index < -0.39 is 11.6 Å². The standard InChI is InChI=1S/C14H14F2N2S/c15-10-6-5-9(7-11(10)16)12-13(17)19-14(18-12)8-3-1-2-4-8/h5-8H,1-4,17H2. The van der Waals surface area contributed by atoms with Crippen molar-refractivity contribution in [3.63, 3.8) is 0 Å². The molecule has 1 aliphatic carbocycles. The molecule has 0 atom stereocenters. The molecule has 0 unspecified atom stereocenters. The minimum absolute atomic E-state index is 0.478. The van der Waals surface area contributed by atoms with Crippen LogP contribution in [0.3, 0.4) is 0 Å². The molecule has 3 rings (SSSR count). The van der Waals surface area contributed by atoms with E-state index in [1.54, 1.807) is 0 Å². The first-order valence-corrected chi connectivity index (χ1v) is 7.18. The fourth-order valence-electron chi connectivity index (χ4n) is 2.55. The predicted octanol–water partition coefficient (Wildman–Crippen LogP) is 4.33. The molecule has 2 aromatic rings. The van der Waals surface area contributed by atoms with Gasteiger partial charge in [-0.3, -0.25) is 0 Å². The van der Waals surface area contributed by atoms with Crippen molar-refractivity contribution >= 4 is 16.3 Å². The number of nitrogen functional groups attached to an aromatic ring is 1. The molecule has 1 aliphatic rings. The minimum atomic E-state index is -0.868. The molecular formula is C14H14F2N2S. The number of anilines is 1. The number of nitrogens with zero attached hydrogens (tertiary/aromatic N) is 1. The summed E-state index contributed by atoms with van der Waals surface area (Å²) in [4.78, 5) is 4.54. The molecule has 19 heavy (non-hydrogen) atoms. The molecule has 2 N–H and O–H groups in total. The fraction of sp³-hybridized carbons (Fsp3) is 0.357. The van der Waals surface area contributed by atoms with Crippen LogP contribution in [0, 0.1) is 11.6 Å². The summed E-state index contributed by atoms with van der Waals surface area (Å²) in [6.07, 6.45) is 4.74. The number of benzene rings is 1. The van der Waals surface area contributed by atoms with E-state index in [2.05, 4.69) is 4.98 Å². The average Bonchev–Trinajstić information content (AvgIpc) is 3.01. The third kappa shape index (κ3) is 2.34. The van der Waals surface area contributed by atoms with Crippen molar-refractivity contribution in [1.29, 1.82) is 0 Å². The summed E-state index contributed by atoms with van der Waals surface area (Å²) >= 11 is 1.47. The average molecular weight is 280 g/mol. The molecule has 1 aromatic heterocycles. The summed E-state index contributed by atoms with van der Waals surface area (Å²) in [5.74, 6) is -1.24. The van der Waals surface area contributed by atoms with Gasteiger partial charge in [0.1, 0.15) is 10.7 Å². The molecule has 1 heterocycles. The molecule has 2 nitrogen and oxygen atoms in total. The highest BCUT2D eigenvalue weighted by atomic mass is 32.1. The Labute approximate surface area is 114 Å². The lowest BCUT2D eigenvalue weighted by atomic mass is 10.1. The zero-order valence-electron chi connectivity index (χ0n) is 10.3. The number of rotatable bonds is 2. The van der Waals surface area contributed by atoms with Crippen LogP contribution in [0.5, 0.6) is 0 Å². The lowest BCUT2D eigenvalue weighted by Gasteiger charge is -2.02. The number of halogens is 2. The van der Waals surface area contributed by atoms with Gasteiger partial charge in [0, 0.05) is 11.5 Å². The summed E-state index contributed by atoms with van der Waals surface area (Å²) in [6.45, 7) is 0. The lowest BCUT2D eigenvalue weighted by Crippen LogP contribution is -1.92. The third-order valence-corrected chi connectivity index (χ3v) is 4.61. The smallest absolute Gasteiger partial charge is 0.159 e. The highest BCUT2D eigenvalue weighted by molar-refractivity contribution is 7.16. The molecule has 0 aliphatic heterocycles. The normalized spacial score (nSPS) is 16.1. The van der Waals surface area contributed by atoms with Crippen LogP contribution in [0.2, 0.25) is 0 Å². The van der Waals surface area contributed by atoms with Crippen LogP contribution < -0.4 is 5.73 Å². The monoisotopic (exact) mass is 280 g/mol. The zero-order chi connectivity index (χ0) is 13.4. The minimum Gasteiger partial charge on any atom is -0.389 e. The highest BCUT2D eigenvalue weighted by Gasteiger charge is 2.22. The number of nitrogens with two attached hydrogens (primary N) is 1. The Bertz CT molecular complexity index is 603. The van der Waals surface area contributed by atoms with Gasteiger partial charge in [-0.2, -0.15) is 0 Å². The molecular weight excluding hydrogens is 266 g/mol. The van der Waals surface area contributed by atoms with E-state index in [9.17, 15) is 8.78 Å². The molecule has 0 saturated heterocycles. The van der Waals surface area contributed by atoms with E-state index in [0.717, 1.165) is 30.0 Å². The van der Waals surface area contributed by atoms with Crippen LogP contribution in [0.4, 0.5) is 13.8 Å². The Morgan fingerprint density at radius 3 is 2.58 bits per heavy atom. The van der Waals surface area contributed by atoms with Crippen LogP contribution >= 0.6 is 11.3 Å². The summed E-state index contributed by atoms with van der Waals surface area (Å²) < 4.78 is 26.2. The summed E-state index contributed by atoms with van der Waals surface area (Å²) in [5.41, 5.74) is 7.08. The van der Waals surface area contributed by atoms with E-state index in [1.807, 2.05) is 0 Å². The van der Waals surface area contributed by atoms with Crippen molar-refractivity contribution in [3.8, 4) is 11.3 Å². The van der Waals surface area contributed by atoms with Gasteiger partial charge < -0.3 is 5.73 Å². The maximum absolute atomic E-state index is 13.3. The number of hydrogen-bond acceptors (Lipinski definition) is 3. The van der Waals surface area contributed by atoms with Crippen LogP contribution in [-0.4, -0.2) is 4.98 Å². The SMILES string of the molecule is Nc1sc(C2CCCC2)nc1-c1ccc(F)c(F)c1. The summed E-state index contributed by atoms with van der Waals surface area (Å²) in [7, 11) is 0. The van der Waals surface area contributed by atoms with Gasteiger partial charge >= 0.3 is 0 Å². The fourth-order valence-corrected chi connectivity index (χ4v) is 3.57. The van der Waals surface area contributed by atoms with E-state index >= 15 is 0 Å². The van der Waals surface area contributed by atoms with Crippen molar-refractivity contribution < 1.29 is 8.78 Å². The number of aromatic nitrogens is 1. The first-order valence-electron chi connectivity index (χ1n) is 6.37. The Balaban J connectivity index is 1.97. The maximum atomic E-state index is 13.3. The van der Waals surface area contributed by atoms with Gasteiger partial charge in [0.15, 0.2) is 11.6 Å². The second-order valence-corrected chi connectivity index (χ2v) is 5.94. The van der Waals surface area contributed by atoms with Crippen molar-refractivity contribution in [3.05, 3.63) is 34.8 Å².